The Morgan fingerprint density at radius 1 is 1.03 bits per heavy atom. The van der Waals surface area contributed by atoms with E-state index in [2.05, 4.69) is 44.1 Å². The van der Waals surface area contributed by atoms with E-state index in [0.717, 1.165) is 23.0 Å². The van der Waals surface area contributed by atoms with Crippen LogP contribution >= 0.6 is 0 Å². The summed E-state index contributed by atoms with van der Waals surface area (Å²) < 4.78 is 68.7. The Bertz CT molecular complexity index is 1490. The maximum atomic E-state index is 14.4. The molecule has 3 aromatic heterocycles. The van der Waals surface area contributed by atoms with Crippen LogP contribution in [0.4, 0.5) is 22.0 Å². The summed E-state index contributed by atoms with van der Waals surface area (Å²) in [6.07, 6.45) is -0.885. The first-order chi connectivity index (χ1) is 17.0. The molecule has 36 heavy (non-hydrogen) atoms. The fraction of sp³-hybridized carbons (Fsp3) is 0.333. The number of alkyl halides is 3. The molecule has 3 heterocycles. The summed E-state index contributed by atoms with van der Waals surface area (Å²) in [4.78, 5) is 12.0. The number of hydrogen-bond acceptors (Lipinski definition) is 6. The SMILES string of the molecule is CC1(C)[C@H]2CC[C@]1(c1ccnc(-n3cnc(C(F)(F)F)n3)n1)c1nnc(-c3c(F)cccc3F)cc12. The monoisotopic (exact) mass is 499 g/mol. The minimum Gasteiger partial charge on any atom is -0.220 e. The van der Waals surface area contributed by atoms with E-state index in [1.54, 1.807) is 12.1 Å². The standard InChI is InChI=1S/C24H18F5N7/c1-22(2)13-6-8-23(22,17-7-9-30-21(32-17)36-11-31-20(35-36)24(27,28)29)19-12(13)10-16(33-34-19)18-14(25)4-3-5-15(18)26/h3-5,7,9-11,13H,6,8H2,1-2H3/t13-,23-/m0/s1. The van der Waals surface area contributed by atoms with Crippen LogP contribution in [0, 0.1) is 17.0 Å². The molecule has 0 aliphatic heterocycles. The second-order valence-electron chi connectivity index (χ2n) is 9.60. The predicted molar refractivity (Wildman–Crippen MR) is 116 cm³/mol. The molecule has 2 bridgehead atoms. The highest BCUT2D eigenvalue weighted by atomic mass is 19.4. The maximum absolute atomic E-state index is 14.4. The number of aromatic nitrogens is 7. The molecule has 184 valence electrons. The number of hydrogen-bond donors (Lipinski definition) is 0. The molecular weight excluding hydrogens is 481 g/mol. The molecular formula is C24H18F5N7. The third-order valence-corrected chi connectivity index (χ3v) is 7.63. The lowest BCUT2D eigenvalue weighted by Gasteiger charge is -2.37. The summed E-state index contributed by atoms with van der Waals surface area (Å²) >= 11 is 0. The number of rotatable bonds is 3. The van der Waals surface area contributed by atoms with Crippen molar-refractivity contribution in [1.29, 1.82) is 0 Å². The molecule has 0 N–H and O–H groups in total. The number of nitrogens with zero attached hydrogens (tertiary/aromatic N) is 7. The number of fused-ring (bicyclic) bond motifs is 5. The van der Waals surface area contributed by atoms with E-state index in [0.29, 0.717) is 17.8 Å². The minimum atomic E-state index is -4.70. The van der Waals surface area contributed by atoms with Crippen molar-refractivity contribution in [3.63, 3.8) is 0 Å². The lowest BCUT2D eigenvalue weighted by molar-refractivity contribution is -0.144. The molecule has 12 heteroatoms. The van der Waals surface area contributed by atoms with Gasteiger partial charge in [0.05, 0.1) is 28.1 Å². The summed E-state index contributed by atoms with van der Waals surface area (Å²) in [5.74, 6) is -2.80. The van der Waals surface area contributed by atoms with Crippen molar-refractivity contribution >= 4 is 0 Å². The second kappa shape index (κ2) is 7.34. The van der Waals surface area contributed by atoms with Crippen LogP contribution in [-0.2, 0) is 11.6 Å². The maximum Gasteiger partial charge on any atom is 0.453 e. The molecule has 7 nitrogen and oxygen atoms in total. The van der Waals surface area contributed by atoms with Gasteiger partial charge in [0.25, 0.3) is 11.8 Å². The Morgan fingerprint density at radius 2 is 1.78 bits per heavy atom. The van der Waals surface area contributed by atoms with Gasteiger partial charge < -0.3 is 0 Å². The van der Waals surface area contributed by atoms with Crippen molar-refractivity contribution < 1.29 is 22.0 Å². The molecule has 2 aliphatic rings. The summed E-state index contributed by atoms with van der Waals surface area (Å²) in [5, 5.41) is 12.1. The molecule has 4 aromatic rings. The molecule has 0 unspecified atom stereocenters. The first kappa shape index (κ1) is 22.6. The highest BCUT2D eigenvalue weighted by molar-refractivity contribution is 5.64. The lowest BCUT2D eigenvalue weighted by Crippen LogP contribution is -2.38. The van der Waals surface area contributed by atoms with Crippen LogP contribution in [0.1, 0.15) is 55.4 Å². The van der Waals surface area contributed by atoms with Gasteiger partial charge in [0, 0.05) is 6.20 Å². The van der Waals surface area contributed by atoms with Gasteiger partial charge in [-0.25, -0.2) is 23.7 Å². The third kappa shape index (κ3) is 2.96. The van der Waals surface area contributed by atoms with E-state index in [-0.39, 0.29) is 23.1 Å². The van der Waals surface area contributed by atoms with Gasteiger partial charge >= 0.3 is 6.18 Å². The van der Waals surface area contributed by atoms with Crippen LogP contribution in [0.25, 0.3) is 17.2 Å². The van der Waals surface area contributed by atoms with Gasteiger partial charge in [-0.2, -0.15) is 23.0 Å². The normalized spacial score (nSPS) is 22.1. The Hall–Kier alpha value is -3.83. The van der Waals surface area contributed by atoms with Crippen molar-refractivity contribution in [3.05, 3.63) is 77.3 Å². The molecule has 1 fully saturated rings. The smallest absolute Gasteiger partial charge is 0.220 e. The highest BCUT2D eigenvalue weighted by Crippen LogP contribution is 2.69. The molecule has 2 aliphatic carbocycles. The van der Waals surface area contributed by atoms with Gasteiger partial charge in [-0.3, -0.25) is 0 Å². The lowest BCUT2D eigenvalue weighted by atomic mass is 9.66. The van der Waals surface area contributed by atoms with Crippen molar-refractivity contribution in [1.82, 2.24) is 34.9 Å². The Labute approximate surface area is 201 Å². The minimum absolute atomic E-state index is 0.0122. The molecule has 0 spiro atoms. The van der Waals surface area contributed by atoms with E-state index in [9.17, 15) is 22.0 Å². The average Bonchev–Trinajstić information content (AvgIpc) is 3.48. The summed E-state index contributed by atoms with van der Waals surface area (Å²) in [6.45, 7) is 4.13. The largest absolute Gasteiger partial charge is 0.453 e. The van der Waals surface area contributed by atoms with E-state index >= 15 is 0 Å². The number of benzene rings is 1. The van der Waals surface area contributed by atoms with Gasteiger partial charge in [0.15, 0.2) is 0 Å². The van der Waals surface area contributed by atoms with Gasteiger partial charge in [0.1, 0.15) is 18.0 Å². The van der Waals surface area contributed by atoms with Crippen molar-refractivity contribution in [2.75, 3.05) is 0 Å². The zero-order chi connectivity index (χ0) is 25.5. The van der Waals surface area contributed by atoms with Crippen LogP contribution in [0.5, 0.6) is 0 Å². The Balaban J connectivity index is 1.48. The van der Waals surface area contributed by atoms with E-state index in [1.807, 2.05) is 0 Å². The van der Waals surface area contributed by atoms with Crippen molar-refractivity contribution in [3.8, 4) is 17.2 Å². The summed E-state index contributed by atoms with van der Waals surface area (Å²) in [5.41, 5.74) is 0.760. The average molecular weight is 499 g/mol. The van der Waals surface area contributed by atoms with Gasteiger partial charge in [-0.15, -0.1) is 10.2 Å². The Kier molecular flexibility index (Phi) is 4.61. The predicted octanol–water partition coefficient (Wildman–Crippen LogP) is 5.01. The summed E-state index contributed by atoms with van der Waals surface area (Å²) in [7, 11) is 0. The third-order valence-electron chi connectivity index (χ3n) is 7.63. The van der Waals surface area contributed by atoms with Gasteiger partial charge in [-0.05, 0) is 54.0 Å². The second-order valence-corrected chi connectivity index (χ2v) is 9.60. The van der Waals surface area contributed by atoms with E-state index < -0.39 is 34.5 Å². The van der Waals surface area contributed by atoms with Crippen LogP contribution in [0.15, 0.2) is 42.9 Å². The molecule has 1 saturated carbocycles. The fourth-order valence-electron chi connectivity index (χ4n) is 5.94. The van der Waals surface area contributed by atoms with Crippen molar-refractivity contribution in [2.24, 2.45) is 5.41 Å². The molecule has 0 radical (unpaired) electrons. The van der Waals surface area contributed by atoms with Crippen LogP contribution in [-0.4, -0.2) is 34.9 Å². The molecule has 0 amide bonds. The van der Waals surface area contributed by atoms with E-state index in [4.69, 9.17) is 0 Å². The fourth-order valence-corrected chi connectivity index (χ4v) is 5.94. The highest BCUT2D eigenvalue weighted by Gasteiger charge is 2.65. The molecule has 1 aromatic carbocycles. The topological polar surface area (TPSA) is 82.3 Å². The van der Waals surface area contributed by atoms with Gasteiger partial charge in [-0.1, -0.05) is 19.9 Å². The van der Waals surface area contributed by atoms with Crippen LogP contribution < -0.4 is 0 Å². The molecule has 6 rings (SSSR count). The van der Waals surface area contributed by atoms with Crippen LogP contribution in [0.2, 0.25) is 0 Å². The zero-order valence-electron chi connectivity index (χ0n) is 19.1. The quantitative estimate of drug-likeness (QED) is 0.369. The molecule has 2 atom stereocenters. The number of halogens is 5. The first-order valence-corrected chi connectivity index (χ1v) is 11.2. The van der Waals surface area contributed by atoms with Crippen LogP contribution in [0.3, 0.4) is 0 Å². The van der Waals surface area contributed by atoms with Gasteiger partial charge in [0.2, 0.25) is 0 Å². The molecule has 0 saturated heterocycles. The van der Waals surface area contributed by atoms with E-state index in [1.165, 1.54) is 24.4 Å². The first-order valence-electron chi connectivity index (χ1n) is 11.2. The summed E-state index contributed by atoms with van der Waals surface area (Å²) in [6, 6.07) is 7.01. The Morgan fingerprint density at radius 3 is 2.47 bits per heavy atom. The zero-order valence-corrected chi connectivity index (χ0v) is 19.1. The van der Waals surface area contributed by atoms with Crippen molar-refractivity contribution in [2.45, 2.75) is 44.2 Å².